The highest BCUT2D eigenvalue weighted by Gasteiger charge is 2.14. The molecule has 0 saturated heterocycles. The van der Waals surface area contributed by atoms with Gasteiger partial charge >= 0.3 is 0 Å². The summed E-state index contributed by atoms with van der Waals surface area (Å²) in [6, 6.07) is 3.58. The van der Waals surface area contributed by atoms with Crippen molar-refractivity contribution in [1.29, 1.82) is 0 Å². The van der Waals surface area contributed by atoms with Crippen LogP contribution in [0.2, 0.25) is 0 Å². The van der Waals surface area contributed by atoms with Crippen LogP contribution >= 0.6 is 0 Å². The van der Waals surface area contributed by atoms with Crippen molar-refractivity contribution in [3.63, 3.8) is 0 Å². The van der Waals surface area contributed by atoms with Gasteiger partial charge in [0.05, 0.1) is 0 Å². The van der Waals surface area contributed by atoms with E-state index in [1.165, 1.54) is 0 Å². The number of hydrogen-bond acceptors (Lipinski definition) is 4. The van der Waals surface area contributed by atoms with Gasteiger partial charge in [-0.05, 0) is 42.5 Å². The van der Waals surface area contributed by atoms with E-state index in [-0.39, 0.29) is 11.7 Å². The number of rotatable bonds is 7. The molecular weight excluding hydrogens is 226 g/mol. The van der Waals surface area contributed by atoms with Gasteiger partial charge in [0.2, 0.25) is 0 Å². The molecule has 0 aliphatic carbocycles. The van der Waals surface area contributed by atoms with Crippen LogP contribution in [-0.2, 0) is 11.2 Å². The van der Waals surface area contributed by atoms with Gasteiger partial charge < -0.3 is 11.5 Å². The minimum atomic E-state index is 0.219. The maximum absolute atomic E-state index is 12.0. The number of ketones is 1. The number of nitrogens with two attached hydrogens (primary N) is 2. The van der Waals surface area contributed by atoms with Gasteiger partial charge in [0.25, 0.3) is 0 Å². The summed E-state index contributed by atoms with van der Waals surface area (Å²) >= 11 is 0. The summed E-state index contributed by atoms with van der Waals surface area (Å²) in [5, 5.41) is 0. The molecule has 0 aromatic carbocycles. The lowest BCUT2D eigenvalue weighted by Gasteiger charge is -2.16. The largest absolute Gasteiger partial charge is 0.384 e. The third kappa shape index (κ3) is 5.27. The van der Waals surface area contributed by atoms with E-state index in [9.17, 15) is 4.79 Å². The number of nitrogens with zero attached hydrogens (tertiary/aromatic N) is 1. The molecule has 0 aliphatic rings. The smallest absolute Gasteiger partial charge is 0.137 e. The first-order chi connectivity index (χ1) is 8.51. The number of hydrogen-bond donors (Lipinski definition) is 2. The molecule has 0 bridgehead atoms. The Bertz CT molecular complexity index is 390. The number of aromatic nitrogens is 1. The number of anilines is 1. The highest BCUT2D eigenvalue weighted by atomic mass is 16.1. The van der Waals surface area contributed by atoms with Gasteiger partial charge in [0, 0.05) is 19.0 Å². The second kappa shape index (κ2) is 7.11. The Balaban J connectivity index is 2.50. The minimum Gasteiger partial charge on any atom is -0.384 e. The van der Waals surface area contributed by atoms with E-state index in [1.807, 2.05) is 6.07 Å². The van der Waals surface area contributed by atoms with Crippen molar-refractivity contribution >= 4 is 11.6 Å². The summed E-state index contributed by atoms with van der Waals surface area (Å²) in [5.41, 5.74) is 12.2. The van der Waals surface area contributed by atoms with E-state index in [4.69, 9.17) is 11.5 Å². The molecule has 0 spiro atoms. The quantitative estimate of drug-likeness (QED) is 0.771. The summed E-state index contributed by atoms with van der Waals surface area (Å²) in [6.45, 7) is 4.87. The molecule has 1 aromatic heterocycles. The average Bonchev–Trinajstić information content (AvgIpc) is 2.27. The fraction of sp³-hybridized carbons (Fsp3) is 0.571. The third-order valence-corrected chi connectivity index (χ3v) is 2.90. The molecule has 0 saturated carbocycles. The average molecular weight is 249 g/mol. The molecule has 1 heterocycles. The second-order valence-electron chi connectivity index (χ2n) is 5.24. The van der Waals surface area contributed by atoms with Gasteiger partial charge in [0.1, 0.15) is 11.6 Å². The van der Waals surface area contributed by atoms with Crippen molar-refractivity contribution in [3.8, 4) is 0 Å². The number of pyridine rings is 1. The van der Waals surface area contributed by atoms with Crippen LogP contribution in [0.3, 0.4) is 0 Å². The van der Waals surface area contributed by atoms with E-state index in [0.29, 0.717) is 31.1 Å². The molecule has 18 heavy (non-hydrogen) atoms. The van der Waals surface area contributed by atoms with E-state index in [1.54, 1.807) is 12.3 Å². The van der Waals surface area contributed by atoms with Crippen molar-refractivity contribution in [3.05, 3.63) is 23.9 Å². The number of carbonyl (C=O) groups is 1. The molecule has 1 unspecified atom stereocenters. The molecule has 0 fully saturated rings. The van der Waals surface area contributed by atoms with Crippen molar-refractivity contribution < 1.29 is 4.79 Å². The number of nitrogen functional groups attached to an aromatic ring is 1. The lowest BCUT2D eigenvalue weighted by Crippen LogP contribution is -2.20. The minimum absolute atomic E-state index is 0.219. The Hall–Kier alpha value is -1.42. The van der Waals surface area contributed by atoms with Gasteiger partial charge in [0.15, 0.2) is 0 Å². The lowest BCUT2D eigenvalue weighted by molar-refractivity contribution is -0.119. The SMILES string of the molecule is CC(C)CC(CN)CC(=O)Cc1ccnc(N)c1. The van der Waals surface area contributed by atoms with Crippen LogP contribution < -0.4 is 11.5 Å². The van der Waals surface area contributed by atoms with Crippen molar-refractivity contribution in [2.24, 2.45) is 17.6 Å². The summed E-state index contributed by atoms with van der Waals surface area (Å²) in [5.74, 6) is 1.54. The van der Waals surface area contributed by atoms with Crippen LogP contribution in [-0.4, -0.2) is 17.3 Å². The second-order valence-corrected chi connectivity index (χ2v) is 5.24. The molecular formula is C14H23N3O. The van der Waals surface area contributed by atoms with Crippen LogP contribution in [0.15, 0.2) is 18.3 Å². The fourth-order valence-electron chi connectivity index (χ4n) is 2.16. The normalized spacial score (nSPS) is 12.7. The van der Waals surface area contributed by atoms with Crippen LogP contribution in [0.5, 0.6) is 0 Å². The number of Topliss-reactive ketones (excluding diaryl/α,β-unsaturated/α-hetero) is 1. The molecule has 1 aromatic rings. The van der Waals surface area contributed by atoms with Crippen molar-refractivity contribution in [1.82, 2.24) is 4.98 Å². The van der Waals surface area contributed by atoms with Crippen molar-refractivity contribution in [2.75, 3.05) is 12.3 Å². The first-order valence-corrected chi connectivity index (χ1v) is 6.43. The summed E-state index contributed by atoms with van der Waals surface area (Å²) in [6.07, 6.45) is 3.60. The van der Waals surface area contributed by atoms with Crippen LogP contribution in [0.4, 0.5) is 5.82 Å². The van der Waals surface area contributed by atoms with E-state index in [0.717, 1.165) is 12.0 Å². The van der Waals surface area contributed by atoms with Crippen LogP contribution in [0, 0.1) is 11.8 Å². The molecule has 1 atom stereocenters. The Morgan fingerprint density at radius 1 is 1.44 bits per heavy atom. The Labute approximate surface area is 109 Å². The predicted octanol–water partition coefficient (Wildman–Crippen LogP) is 1.79. The van der Waals surface area contributed by atoms with Gasteiger partial charge in [-0.1, -0.05) is 13.8 Å². The highest BCUT2D eigenvalue weighted by molar-refractivity contribution is 5.81. The van der Waals surface area contributed by atoms with E-state index < -0.39 is 0 Å². The molecule has 100 valence electrons. The van der Waals surface area contributed by atoms with E-state index in [2.05, 4.69) is 18.8 Å². The van der Waals surface area contributed by atoms with Gasteiger partial charge in [-0.15, -0.1) is 0 Å². The maximum Gasteiger partial charge on any atom is 0.137 e. The predicted molar refractivity (Wildman–Crippen MR) is 74.0 cm³/mol. The van der Waals surface area contributed by atoms with Gasteiger partial charge in [-0.3, -0.25) is 4.79 Å². The third-order valence-electron chi connectivity index (χ3n) is 2.90. The molecule has 0 amide bonds. The summed E-state index contributed by atoms with van der Waals surface area (Å²) < 4.78 is 0. The zero-order valence-corrected chi connectivity index (χ0v) is 11.2. The zero-order valence-electron chi connectivity index (χ0n) is 11.2. The molecule has 0 radical (unpaired) electrons. The molecule has 4 nitrogen and oxygen atoms in total. The Morgan fingerprint density at radius 2 is 2.17 bits per heavy atom. The Kier molecular flexibility index (Phi) is 5.78. The zero-order chi connectivity index (χ0) is 13.5. The molecule has 0 aliphatic heterocycles. The molecule has 4 heteroatoms. The summed E-state index contributed by atoms with van der Waals surface area (Å²) in [4.78, 5) is 15.9. The Morgan fingerprint density at radius 3 is 2.72 bits per heavy atom. The number of carbonyl (C=O) groups excluding carboxylic acids is 1. The first-order valence-electron chi connectivity index (χ1n) is 6.43. The van der Waals surface area contributed by atoms with Gasteiger partial charge in [-0.2, -0.15) is 0 Å². The fourth-order valence-corrected chi connectivity index (χ4v) is 2.16. The van der Waals surface area contributed by atoms with Crippen LogP contribution in [0.25, 0.3) is 0 Å². The van der Waals surface area contributed by atoms with Crippen molar-refractivity contribution in [2.45, 2.75) is 33.1 Å². The maximum atomic E-state index is 12.0. The van der Waals surface area contributed by atoms with Gasteiger partial charge in [-0.25, -0.2) is 4.98 Å². The van der Waals surface area contributed by atoms with E-state index >= 15 is 0 Å². The standard InChI is InChI=1S/C14H23N3O/c1-10(2)5-12(9-15)7-13(18)6-11-3-4-17-14(16)8-11/h3-4,8,10,12H,5-7,9,15H2,1-2H3,(H2,16,17). The lowest BCUT2D eigenvalue weighted by atomic mass is 9.91. The van der Waals surface area contributed by atoms with Crippen LogP contribution in [0.1, 0.15) is 32.3 Å². The highest BCUT2D eigenvalue weighted by Crippen LogP contribution is 2.16. The molecule has 4 N–H and O–H groups in total. The summed E-state index contributed by atoms with van der Waals surface area (Å²) in [7, 11) is 0. The topological polar surface area (TPSA) is 82.0 Å². The monoisotopic (exact) mass is 249 g/mol. The molecule has 1 rings (SSSR count). The first kappa shape index (κ1) is 14.6.